The first-order valence-corrected chi connectivity index (χ1v) is 17.3. The van der Waals surface area contributed by atoms with Crippen molar-refractivity contribution in [3.63, 3.8) is 0 Å². The van der Waals surface area contributed by atoms with Gasteiger partial charge in [0.25, 0.3) is 0 Å². The lowest BCUT2D eigenvalue weighted by molar-refractivity contribution is 0.628. The lowest BCUT2D eigenvalue weighted by Crippen LogP contribution is -2.02. The molecule has 0 radical (unpaired) electrons. The Kier molecular flexibility index (Phi) is 8.00. The summed E-state index contributed by atoms with van der Waals surface area (Å²) in [5, 5.41) is 21.6. The molecule has 0 atom stereocenters. The minimum Gasteiger partial charge on any atom is -0.309 e. The highest BCUT2D eigenvalue weighted by Gasteiger charge is 2.20. The first-order chi connectivity index (χ1) is 26.6. The zero-order valence-electron chi connectivity index (χ0n) is 28.6. The standard InChI is InChI=1S/C47H27FN6/c48-37-20-16-31(17-21-37)39-23-19-35(47-52-45(32-9-3-1-4-10-32)51-46(53-47)33-11-5-2-6-12-33)27-43(39)54-42-14-8-7-13-40(42)41-24-18-34(26-44(41)54)38-22-15-30(28-49)25-36(38)29-50/h1-27H. The molecule has 2 aromatic heterocycles. The molecule has 0 aliphatic heterocycles. The number of rotatable bonds is 6. The first kappa shape index (κ1) is 32.2. The second kappa shape index (κ2) is 13.4. The smallest absolute Gasteiger partial charge is 0.164 e. The van der Waals surface area contributed by atoms with Crippen LogP contribution in [-0.4, -0.2) is 19.5 Å². The van der Waals surface area contributed by atoms with Crippen molar-refractivity contribution in [1.29, 1.82) is 10.5 Å². The van der Waals surface area contributed by atoms with Crippen molar-refractivity contribution in [1.82, 2.24) is 19.5 Å². The van der Waals surface area contributed by atoms with E-state index in [0.29, 0.717) is 28.6 Å². The summed E-state index contributed by atoms with van der Waals surface area (Å²) in [4.78, 5) is 14.9. The van der Waals surface area contributed by atoms with Gasteiger partial charge >= 0.3 is 0 Å². The van der Waals surface area contributed by atoms with Crippen LogP contribution in [0.25, 0.3) is 83.9 Å². The molecule has 0 saturated heterocycles. The Bertz CT molecular complexity index is 2900. The van der Waals surface area contributed by atoms with Crippen LogP contribution in [0, 0.1) is 28.5 Å². The number of aromatic nitrogens is 4. The molecule has 0 saturated carbocycles. The molecule has 9 rings (SSSR count). The van der Waals surface area contributed by atoms with Crippen molar-refractivity contribution in [2.24, 2.45) is 0 Å². The number of hydrogen-bond acceptors (Lipinski definition) is 5. The summed E-state index contributed by atoms with van der Waals surface area (Å²) in [6.45, 7) is 0. The average Bonchev–Trinajstić information content (AvgIpc) is 3.57. The predicted octanol–water partition coefficient (Wildman–Crippen LogP) is 11.2. The van der Waals surface area contributed by atoms with Crippen LogP contribution in [0.15, 0.2) is 164 Å². The Hall–Kier alpha value is -7.74. The maximum Gasteiger partial charge on any atom is 0.164 e. The van der Waals surface area contributed by atoms with Gasteiger partial charge in [0, 0.05) is 33.0 Å². The Morgan fingerprint density at radius 3 is 1.69 bits per heavy atom. The van der Waals surface area contributed by atoms with Gasteiger partial charge in [-0.15, -0.1) is 0 Å². The van der Waals surface area contributed by atoms with Crippen LogP contribution in [0.3, 0.4) is 0 Å². The number of hydrogen-bond donors (Lipinski definition) is 0. The first-order valence-electron chi connectivity index (χ1n) is 17.3. The molecule has 0 spiro atoms. The summed E-state index contributed by atoms with van der Waals surface area (Å²) in [5.41, 5.74) is 9.36. The maximum atomic E-state index is 14.3. The van der Waals surface area contributed by atoms with Gasteiger partial charge in [0.1, 0.15) is 5.82 Å². The SMILES string of the molecule is N#Cc1ccc(-c2ccc3c4ccccc4n(-c4cc(-c5nc(-c6ccccc6)nc(-c6ccccc6)n5)ccc4-c4ccc(F)cc4)c3c2)c(C#N)c1. The van der Waals surface area contributed by atoms with E-state index < -0.39 is 0 Å². The number of nitrogens with zero attached hydrogens (tertiary/aromatic N) is 6. The molecule has 0 unspecified atom stereocenters. The fourth-order valence-electron chi connectivity index (χ4n) is 7.02. The molecule has 0 fully saturated rings. The van der Waals surface area contributed by atoms with Crippen molar-refractivity contribution < 1.29 is 4.39 Å². The van der Waals surface area contributed by atoms with Gasteiger partial charge in [-0.25, -0.2) is 19.3 Å². The van der Waals surface area contributed by atoms with Crippen LogP contribution < -0.4 is 0 Å². The Morgan fingerprint density at radius 1 is 0.444 bits per heavy atom. The summed E-state index contributed by atoms with van der Waals surface area (Å²) < 4.78 is 16.5. The van der Waals surface area contributed by atoms with Crippen molar-refractivity contribution >= 4 is 21.8 Å². The molecule has 0 amide bonds. The van der Waals surface area contributed by atoms with E-state index in [1.807, 2.05) is 97.1 Å². The Morgan fingerprint density at radius 2 is 1.02 bits per heavy atom. The van der Waals surface area contributed by atoms with E-state index in [1.165, 1.54) is 12.1 Å². The monoisotopic (exact) mass is 694 g/mol. The largest absolute Gasteiger partial charge is 0.309 e. The van der Waals surface area contributed by atoms with Crippen molar-refractivity contribution in [3.8, 4) is 74.2 Å². The molecule has 2 heterocycles. The van der Waals surface area contributed by atoms with Crippen molar-refractivity contribution in [3.05, 3.63) is 181 Å². The van der Waals surface area contributed by atoms with Gasteiger partial charge < -0.3 is 4.57 Å². The fraction of sp³-hybridized carbons (Fsp3) is 0. The molecular weight excluding hydrogens is 668 g/mol. The third-order valence-electron chi connectivity index (χ3n) is 9.61. The molecule has 0 bridgehead atoms. The van der Waals surface area contributed by atoms with Gasteiger partial charge in [0.05, 0.1) is 40.0 Å². The van der Waals surface area contributed by atoms with E-state index in [0.717, 1.165) is 66.4 Å². The predicted molar refractivity (Wildman–Crippen MR) is 211 cm³/mol. The Balaban J connectivity index is 1.33. The zero-order chi connectivity index (χ0) is 36.6. The second-order valence-electron chi connectivity index (χ2n) is 12.8. The molecule has 0 N–H and O–H groups in total. The number of benzene rings is 7. The lowest BCUT2D eigenvalue weighted by Gasteiger charge is -2.17. The highest BCUT2D eigenvalue weighted by molar-refractivity contribution is 6.11. The van der Waals surface area contributed by atoms with Gasteiger partial charge in [-0.2, -0.15) is 10.5 Å². The summed E-state index contributed by atoms with van der Waals surface area (Å²) in [5.74, 6) is 1.30. The highest BCUT2D eigenvalue weighted by atomic mass is 19.1. The molecule has 9 aromatic rings. The van der Waals surface area contributed by atoms with Gasteiger partial charge in [-0.1, -0.05) is 121 Å². The van der Waals surface area contributed by atoms with Gasteiger partial charge in [0.2, 0.25) is 0 Å². The third kappa shape index (κ3) is 5.73. The van der Waals surface area contributed by atoms with E-state index in [4.69, 9.17) is 15.0 Å². The highest BCUT2D eigenvalue weighted by Crippen LogP contribution is 2.40. The van der Waals surface area contributed by atoms with E-state index in [9.17, 15) is 14.9 Å². The van der Waals surface area contributed by atoms with Gasteiger partial charge in [-0.05, 0) is 59.2 Å². The molecule has 0 aliphatic carbocycles. The second-order valence-corrected chi connectivity index (χ2v) is 12.8. The number of fused-ring (bicyclic) bond motifs is 3. The quantitative estimate of drug-likeness (QED) is 0.173. The average molecular weight is 695 g/mol. The Labute approximate surface area is 310 Å². The summed E-state index contributed by atoms with van der Waals surface area (Å²) in [7, 11) is 0. The number of halogens is 1. The minimum absolute atomic E-state index is 0.318. The summed E-state index contributed by atoms with van der Waals surface area (Å²) in [6, 6.07) is 56.3. The number of para-hydroxylation sites is 1. The molecule has 0 aliphatic rings. The lowest BCUT2D eigenvalue weighted by atomic mass is 9.97. The van der Waals surface area contributed by atoms with Gasteiger partial charge in [0.15, 0.2) is 17.5 Å². The molecule has 7 aromatic carbocycles. The van der Waals surface area contributed by atoms with Crippen molar-refractivity contribution in [2.75, 3.05) is 0 Å². The molecule has 7 heteroatoms. The van der Waals surface area contributed by atoms with Crippen LogP contribution in [0.1, 0.15) is 11.1 Å². The van der Waals surface area contributed by atoms with Crippen LogP contribution in [0.4, 0.5) is 4.39 Å². The topological polar surface area (TPSA) is 91.2 Å². The third-order valence-corrected chi connectivity index (χ3v) is 9.61. The molecule has 6 nitrogen and oxygen atoms in total. The van der Waals surface area contributed by atoms with E-state index >= 15 is 0 Å². The molecule has 252 valence electrons. The van der Waals surface area contributed by atoms with Crippen molar-refractivity contribution in [2.45, 2.75) is 0 Å². The van der Waals surface area contributed by atoms with Crippen LogP contribution in [0.2, 0.25) is 0 Å². The fourth-order valence-corrected chi connectivity index (χ4v) is 7.02. The van der Waals surface area contributed by atoms with Crippen LogP contribution in [0.5, 0.6) is 0 Å². The summed E-state index contributed by atoms with van der Waals surface area (Å²) in [6.07, 6.45) is 0. The van der Waals surface area contributed by atoms with Gasteiger partial charge in [-0.3, -0.25) is 0 Å². The normalized spacial score (nSPS) is 11.0. The van der Waals surface area contributed by atoms with Crippen LogP contribution >= 0.6 is 0 Å². The number of nitriles is 2. The zero-order valence-corrected chi connectivity index (χ0v) is 28.6. The van der Waals surface area contributed by atoms with E-state index in [1.54, 1.807) is 24.3 Å². The maximum absolute atomic E-state index is 14.3. The van der Waals surface area contributed by atoms with Crippen LogP contribution in [-0.2, 0) is 0 Å². The van der Waals surface area contributed by atoms with E-state index in [-0.39, 0.29) is 5.82 Å². The van der Waals surface area contributed by atoms with E-state index in [2.05, 4.69) is 47.0 Å². The summed E-state index contributed by atoms with van der Waals surface area (Å²) >= 11 is 0. The molecule has 54 heavy (non-hydrogen) atoms. The molecular formula is C47H27FN6. The minimum atomic E-state index is -0.318.